The lowest BCUT2D eigenvalue weighted by Crippen LogP contribution is -2.48. The molecule has 32 heavy (non-hydrogen) atoms. The van der Waals surface area contributed by atoms with Crippen LogP contribution in [0, 0.1) is 10.1 Å². The molecule has 0 spiro atoms. The molecule has 0 aliphatic carbocycles. The molecular weight excluding hydrogens is 456 g/mol. The molecule has 0 radical (unpaired) electrons. The Hall–Kier alpha value is -3.51. The summed E-state index contributed by atoms with van der Waals surface area (Å²) in [5.74, 6) is -0.154. The van der Waals surface area contributed by atoms with Crippen LogP contribution in [-0.2, 0) is 10.1 Å². The number of amides is 1. The molecule has 4 rings (SSSR count). The van der Waals surface area contributed by atoms with E-state index in [1.165, 1.54) is 42.5 Å². The fourth-order valence-electron chi connectivity index (χ4n) is 3.24. The summed E-state index contributed by atoms with van der Waals surface area (Å²) in [7, 11) is -4.26. The number of hydrogen-bond donors (Lipinski definition) is 0. The summed E-state index contributed by atoms with van der Waals surface area (Å²) >= 11 is 1.56. The molecule has 0 N–H and O–H groups in total. The van der Waals surface area contributed by atoms with E-state index in [1.807, 2.05) is 5.38 Å². The highest BCUT2D eigenvalue weighted by Crippen LogP contribution is 2.23. The van der Waals surface area contributed by atoms with Gasteiger partial charge in [0.25, 0.3) is 11.6 Å². The van der Waals surface area contributed by atoms with Gasteiger partial charge in [-0.25, -0.2) is 4.98 Å². The van der Waals surface area contributed by atoms with Crippen molar-refractivity contribution in [1.29, 1.82) is 0 Å². The van der Waals surface area contributed by atoms with Gasteiger partial charge in [-0.1, -0.05) is 6.07 Å². The number of non-ortho nitro benzene ring substituents is 1. The Bertz CT molecular complexity index is 1220. The van der Waals surface area contributed by atoms with Crippen LogP contribution >= 0.6 is 11.3 Å². The molecule has 1 aliphatic heterocycles. The van der Waals surface area contributed by atoms with Gasteiger partial charge in [0, 0.05) is 55.5 Å². The van der Waals surface area contributed by atoms with E-state index in [-0.39, 0.29) is 22.2 Å². The van der Waals surface area contributed by atoms with E-state index in [4.69, 9.17) is 4.18 Å². The number of benzene rings is 2. The number of carbonyl (C=O) groups is 1. The normalized spacial score (nSPS) is 14.2. The molecule has 0 unspecified atom stereocenters. The summed E-state index contributed by atoms with van der Waals surface area (Å²) in [6.45, 7) is 2.47. The number of rotatable bonds is 6. The summed E-state index contributed by atoms with van der Waals surface area (Å²) in [6, 6.07) is 10.4. The number of nitrogens with zero attached hydrogens (tertiary/aromatic N) is 4. The first-order valence-corrected chi connectivity index (χ1v) is 11.8. The van der Waals surface area contributed by atoms with E-state index in [2.05, 4.69) is 9.88 Å². The number of aromatic nitrogens is 1. The number of thiazole rings is 1. The topological polar surface area (TPSA) is 123 Å². The maximum atomic E-state index is 12.8. The molecule has 1 aliphatic rings. The van der Waals surface area contributed by atoms with Gasteiger partial charge in [-0.05, 0) is 30.3 Å². The lowest BCUT2D eigenvalue weighted by atomic mass is 10.2. The Morgan fingerprint density at radius 3 is 2.44 bits per heavy atom. The first-order valence-electron chi connectivity index (χ1n) is 9.56. The number of anilines is 1. The molecule has 12 heteroatoms. The second kappa shape index (κ2) is 8.93. The van der Waals surface area contributed by atoms with Gasteiger partial charge in [0.1, 0.15) is 10.6 Å². The Morgan fingerprint density at radius 2 is 1.81 bits per heavy atom. The van der Waals surface area contributed by atoms with Crippen molar-refractivity contribution in [2.24, 2.45) is 0 Å². The monoisotopic (exact) mass is 474 g/mol. The van der Waals surface area contributed by atoms with Crippen LogP contribution in [0.3, 0.4) is 0 Å². The van der Waals surface area contributed by atoms with Crippen LogP contribution in [0.15, 0.2) is 65.0 Å². The van der Waals surface area contributed by atoms with Crippen LogP contribution in [0.1, 0.15) is 10.4 Å². The van der Waals surface area contributed by atoms with Crippen molar-refractivity contribution in [3.05, 3.63) is 75.8 Å². The van der Waals surface area contributed by atoms with E-state index < -0.39 is 15.0 Å². The summed E-state index contributed by atoms with van der Waals surface area (Å²) in [4.78, 5) is 30.8. The predicted octanol–water partition coefficient (Wildman–Crippen LogP) is 2.78. The average molecular weight is 475 g/mol. The van der Waals surface area contributed by atoms with E-state index >= 15 is 0 Å². The summed E-state index contributed by atoms with van der Waals surface area (Å²) in [5, 5.41) is 13.7. The second-order valence-corrected chi connectivity index (χ2v) is 9.33. The molecule has 0 bridgehead atoms. The van der Waals surface area contributed by atoms with Crippen LogP contribution in [0.25, 0.3) is 0 Å². The molecular formula is C20H18N4O6S2. The molecule has 166 valence electrons. The van der Waals surface area contributed by atoms with Crippen molar-refractivity contribution in [1.82, 2.24) is 9.88 Å². The Morgan fingerprint density at radius 1 is 1.09 bits per heavy atom. The second-order valence-electron chi connectivity index (χ2n) is 6.91. The van der Waals surface area contributed by atoms with Crippen molar-refractivity contribution in [2.45, 2.75) is 4.90 Å². The standard InChI is InChI=1S/C20H18N4O6S2/c25-19(22-9-11-23(12-10-22)20-21-8-13-31-20)15-4-6-17(7-5-15)30-32(28,29)18-3-1-2-16(14-18)24(26)27/h1-8,13-14H,9-12H2. The fourth-order valence-corrected chi connectivity index (χ4v) is 4.90. The lowest BCUT2D eigenvalue weighted by molar-refractivity contribution is -0.385. The van der Waals surface area contributed by atoms with E-state index in [9.17, 15) is 23.3 Å². The highest BCUT2D eigenvalue weighted by atomic mass is 32.2. The predicted molar refractivity (Wildman–Crippen MR) is 118 cm³/mol. The van der Waals surface area contributed by atoms with E-state index in [0.717, 1.165) is 11.2 Å². The number of carbonyl (C=O) groups excluding carboxylic acids is 1. The largest absolute Gasteiger partial charge is 0.379 e. The van der Waals surface area contributed by atoms with Crippen molar-refractivity contribution in [3.8, 4) is 5.75 Å². The zero-order chi connectivity index (χ0) is 22.7. The molecule has 2 heterocycles. The molecule has 1 saturated heterocycles. The smallest absolute Gasteiger partial charge is 0.339 e. The number of nitro groups is 1. The molecule has 1 fully saturated rings. The van der Waals surface area contributed by atoms with E-state index in [0.29, 0.717) is 31.7 Å². The van der Waals surface area contributed by atoms with Gasteiger partial charge < -0.3 is 14.0 Å². The third kappa shape index (κ3) is 4.70. The quantitative estimate of drug-likeness (QED) is 0.304. The molecule has 0 saturated carbocycles. The minimum atomic E-state index is -4.26. The molecule has 10 nitrogen and oxygen atoms in total. The summed E-state index contributed by atoms with van der Waals surface area (Å²) < 4.78 is 30.0. The average Bonchev–Trinajstić information content (AvgIpc) is 3.34. The SMILES string of the molecule is O=C(c1ccc(OS(=O)(=O)c2cccc([N+](=O)[O-])c2)cc1)N1CCN(c2nccs2)CC1. The zero-order valence-corrected chi connectivity index (χ0v) is 18.3. The van der Waals surface area contributed by atoms with Crippen LogP contribution in [0.2, 0.25) is 0 Å². The van der Waals surface area contributed by atoms with Crippen LogP contribution in [-0.4, -0.2) is 55.3 Å². The van der Waals surface area contributed by atoms with Crippen molar-refractivity contribution >= 4 is 38.2 Å². The highest BCUT2D eigenvalue weighted by Gasteiger charge is 2.24. The zero-order valence-electron chi connectivity index (χ0n) is 16.7. The van der Waals surface area contributed by atoms with Gasteiger partial charge in [0.2, 0.25) is 0 Å². The third-order valence-corrected chi connectivity index (χ3v) is 6.96. The van der Waals surface area contributed by atoms with Gasteiger partial charge in [0.15, 0.2) is 5.13 Å². The minimum absolute atomic E-state index is 0.00152. The number of hydrogen-bond acceptors (Lipinski definition) is 9. The first-order chi connectivity index (χ1) is 15.3. The number of piperazine rings is 1. The summed E-state index contributed by atoms with van der Waals surface area (Å²) in [5.41, 5.74) is 0.0540. The molecule has 3 aromatic rings. The van der Waals surface area contributed by atoms with Gasteiger partial charge in [-0.3, -0.25) is 14.9 Å². The Balaban J connectivity index is 1.40. The molecule has 1 aromatic heterocycles. The first kappa shape index (κ1) is 21.7. The van der Waals surface area contributed by atoms with Crippen LogP contribution < -0.4 is 9.08 Å². The van der Waals surface area contributed by atoms with Gasteiger partial charge >= 0.3 is 10.1 Å². The Labute approximate surface area is 188 Å². The van der Waals surface area contributed by atoms with E-state index in [1.54, 1.807) is 22.4 Å². The van der Waals surface area contributed by atoms with Gasteiger partial charge in [0.05, 0.1) is 4.92 Å². The van der Waals surface area contributed by atoms with Crippen molar-refractivity contribution < 1.29 is 22.3 Å². The van der Waals surface area contributed by atoms with Gasteiger partial charge in [-0.15, -0.1) is 11.3 Å². The highest BCUT2D eigenvalue weighted by molar-refractivity contribution is 7.87. The molecule has 1 amide bonds. The minimum Gasteiger partial charge on any atom is -0.379 e. The third-order valence-electron chi connectivity index (χ3n) is 4.88. The van der Waals surface area contributed by atoms with Crippen molar-refractivity contribution in [2.75, 3.05) is 31.1 Å². The number of nitro benzene ring substituents is 1. The maximum absolute atomic E-state index is 12.8. The molecule has 0 atom stereocenters. The van der Waals surface area contributed by atoms with Crippen LogP contribution in [0.4, 0.5) is 10.8 Å². The van der Waals surface area contributed by atoms with Crippen molar-refractivity contribution in [3.63, 3.8) is 0 Å². The summed E-state index contributed by atoms with van der Waals surface area (Å²) in [6.07, 6.45) is 1.75. The maximum Gasteiger partial charge on any atom is 0.339 e. The lowest BCUT2D eigenvalue weighted by Gasteiger charge is -2.34. The van der Waals surface area contributed by atoms with Gasteiger partial charge in [-0.2, -0.15) is 8.42 Å². The fraction of sp³-hybridized carbons (Fsp3) is 0.200. The molecule has 2 aromatic carbocycles. The Kier molecular flexibility index (Phi) is 6.06. The van der Waals surface area contributed by atoms with Crippen LogP contribution in [0.5, 0.6) is 5.75 Å².